The van der Waals surface area contributed by atoms with Gasteiger partial charge < -0.3 is 9.47 Å². The summed E-state index contributed by atoms with van der Waals surface area (Å²) >= 11 is 0. The second-order valence-corrected chi connectivity index (χ2v) is 4.65. The van der Waals surface area contributed by atoms with Crippen molar-refractivity contribution >= 4 is 5.97 Å². The van der Waals surface area contributed by atoms with E-state index < -0.39 is 0 Å². The predicted molar refractivity (Wildman–Crippen MR) is 67.6 cm³/mol. The second-order valence-electron chi connectivity index (χ2n) is 4.65. The van der Waals surface area contributed by atoms with Gasteiger partial charge >= 0.3 is 5.97 Å². The number of methoxy groups -OCH3 is 1. The minimum Gasteiger partial charge on any atom is -0.492 e. The van der Waals surface area contributed by atoms with Crippen LogP contribution >= 0.6 is 0 Å². The molecule has 17 heavy (non-hydrogen) atoms. The fourth-order valence-corrected chi connectivity index (χ4v) is 1.66. The highest BCUT2D eigenvalue weighted by Gasteiger charge is 2.16. The maximum atomic E-state index is 11.7. The standard InChI is InChI=1S/C14H20O3/c1-9(2)8-17-13-11(4)6-10(3)7-12(13)14(15)16-5/h6-7,9H,8H2,1-5H3. The molecule has 0 amide bonds. The van der Waals surface area contributed by atoms with Gasteiger partial charge in [-0.2, -0.15) is 0 Å². The van der Waals surface area contributed by atoms with Gasteiger partial charge in [0, 0.05) is 0 Å². The van der Waals surface area contributed by atoms with Gasteiger partial charge in [-0.25, -0.2) is 4.79 Å². The Morgan fingerprint density at radius 2 is 1.94 bits per heavy atom. The normalized spacial score (nSPS) is 10.5. The van der Waals surface area contributed by atoms with Crippen molar-refractivity contribution in [1.82, 2.24) is 0 Å². The Labute approximate surface area is 103 Å². The molecule has 0 unspecified atom stereocenters. The van der Waals surface area contributed by atoms with E-state index in [0.717, 1.165) is 11.1 Å². The Balaban J connectivity index is 3.11. The van der Waals surface area contributed by atoms with Crippen LogP contribution in [-0.4, -0.2) is 19.7 Å². The number of carbonyl (C=O) groups excluding carboxylic acids is 1. The molecular formula is C14H20O3. The van der Waals surface area contributed by atoms with Crippen LogP contribution in [0.2, 0.25) is 0 Å². The zero-order valence-electron chi connectivity index (χ0n) is 11.2. The van der Waals surface area contributed by atoms with E-state index in [2.05, 4.69) is 13.8 Å². The van der Waals surface area contributed by atoms with Crippen LogP contribution in [0.15, 0.2) is 12.1 Å². The van der Waals surface area contributed by atoms with Gasteiger partial charge in [0.25, 0.3) is 0 Å². The van der Waals surface area contributed by atoms with Gasteiger partial charge in [0.15, 0.2) is 0 Å². The zero-order chi connectivity index (χ0) is 13.0. The summed E-state index contributed by atoms with van der Waals surface area (Å²) in [6.07, 6.45) is 0. The molecule has 0 N–H and O–H groups in total. The van der Waals surface area contributed by atoms with E-state index in [-0.39, 0.29) is 5.97 Å². The molecule has 0 bridgehead atoms. The van der Waals surface area contributed by atoms with Gasteiger partial charge in [-0.3, -0.25) is 0 Å². The quantitative estimate of drug-likeness (QED) is 0.753. The Morgan fingerprint density at radius 1 is 1.29 bits per heavy atom. The highest BCUT2D eigenvalue weighted by molar-refractivity contribution is 5.93. The van der Waals surface area contributed by atoms with Crippen LogP contribution in [0.25, 0.3) is 0 Å². The van der Waals surface area contributed by atoms with Gasteiger partial charge in [-0.05, 0) is 37.0 Å². The molecule has 94 valence electrons. The molecule has 0 heterocycles. The lowest BCUT2D eigenvalue weighted by molar-refractivity contribution is 0.0595. The molecule has 1 aromatic carbocycles. The highest BCUT2D eigenvalue weighted by Crippen LogP contribution is 2.26. The molecule has 0 spiro atoms. The molecule has 0 atom stereocenters. The van der Waals surface area contributed by atoms with Crippen molar-refractivity contribution < 1.29 is 14.3 Å². The predicted octanol–water partition coefficient (Wildman–Crippen LogP) is 3.12. The summed E-state index contributed by atoms with van der Waals surface area (Å²) in [6.45, 7) is 8.62. The summed E-state index contributed by atoms with van der Waals surface area (Å²) in [5.74, 6) is 0.702. The molecule has 3 nitrogen and oxygen atoms in total. The average molecular weight is 236 g/mol. The summed E-state index contributed by atoms with van der Waals surface area (Å²) in [6, 6.07) is 3.80. The van der Waals surface area contributed by atoms with E-state index in [4.69, 9.17) is 9.47 Å². The van der Waals surface area contributed by atoms with Crippen LogP contribution in [0.4, 0.5) is 0 Å². The van der Waals surface area contributed by atoms with Gasteiger partial charge in [-0.1, -0.05) is 19.9 Å². The Morgan fingerprint density at radius 3 is 2.47 bits per heavy atom. The van der Waals surface area contributed by atoms with Crippen LogP contribution in [-0.2, 0) is 4.74 Å². The molecule has 0 aliphatic heterocycles. The Kier molecular flexibility index (Phi) is 4.55. The highest BCUT2D eigenvalue weighted by atomic mass is 16.5. The average Bonchev–Trinajstić information content (AvgIpc) is 2.25. The van der Waals surface area contributed by atoms with E-state index in [1.807, 2.05) is 19.9 Å². The third-order valence-corrected chi connectivity index (χ3v) is 2.39. The molecule has 0 aliphatic rings. The van der Waals surface area contributed by atoms with E-state index in [1.165, 1.54) is 7.11 Å². The maximum absolute atomic E-state index is 11.7. The molecule has 0 fully saturated rings. The van der Waals surface area contributed by atoms with Crippen LogP contribution in [0, 0.1) is 19.8 Å². The fourth-order valence-electron chi connectivity index (χ4n) is 1.66. The first-order chi connectivity index (χ1) is 7.95. The third kappa shape index (κ3) is 3.48. The summed E-state index contributed by atoms with van der Waals surface area (Å²) in [5, 5.41) is 0. The minimum atomic E-state index is -0.351. The minimum absolute atomic E-state index is 0.351. The topological polar surface area (TPSA) is 35.5 Å². The maximum Gasteiger partial charge on any atom is 0.341 e. The summed E-state index contributed by atoms with van der Waals surface area (Å²) in [4.78, 5) is 11.7. The molecule has 1 aromatic rings. The van der Waals surface area contributed by atoms with Crippen molar-refractivity contribution in [2.45, 2.75) is 27.7 Å². The first kappa shape index (κ1) is 13.6. The third-order valence-electron chi connectivity index (χ3n) is 2.39. The van der Waals surface area contributed by atoms with Crippen molar-refractivity contribution in [3.05, 3.63) is 28.8 Å². The Bertz CT molecular complexity index is 408. The van der Waals surface area contributed by atoms with E-state index in [9.17, 15) is 4.79 Å². The number of rotatable bonds is 4. The Hall–Kier alpha value is -1.51. The number of carbonyl (C=O) groups is 1. The molecular weight excluding hydrogens is 216 g/mol. The summed E-state index contributed by atoms with van der Waals surface area (Å²) in [5.41, 5.74) is 2.50. The van der Waals surface area contributed by atoms with Crippen molar-refractivity contribution in [2.75, 3.05) is 13.7 Å². The number of esters is 1. The molecule has 0 aromatic heterocycles. The van der Waals surface area contributed by atoms with Gasteiger partial charge in [0.1, 0.15) is 11.3 Å². The van der Waals surface area contributed by atoms with E-state index >= 15 is 0 Å². The van der Waals surface area contributed by atoms with Crippen molar-refractivity contribution in [2.24, 2.45) is 5.92 Å². The number of aryl methyl sites for hydroxylation is 2. The smallest absolute Gasteiger partial charge is 0.341 e. The van der Waals surface area contributed by atoms with Crippen LogP contribution in [0.5, 0.6) is 5.75 Å². The second kappa shape index (κ2) is 5.71. The first-order valence-electron chi connectivity index (χ1n) is 5.78. The summed E-state index contributed by atoms with van der Waals surface area (Å²) < 4.78 is 10.5. The molecule has 0 aliphatic carbocycles. The SMILES string of the molecule is COC(=O)c1cc(C)cc(C)c1OCC(C)C. The van der Waals surface area contributed by atoms with Crippen molar-refractivity contribution in [3.8, 4) is 5.75 Å². The first-order valence-corrected chi connectivity index (χ1v) is 5.78. The monoisotopic (exact) mass is 236 g/mol. The number of ether oxygens (including phenoxy) is 2. The van der Waals surface area contributed by atoms with E-state index in [1.54, 1.807) is 6.07 Å². The number of hydrogen-bond acceptors (Lipinski definition) is 3. The van der Waals surface area contributed by atoms with Gasteiger partial charge in [0.05, 0.1) is 13.7 Å². The lowest BCUT2D eigenvalue weighted by atomic mass is 10.1. The van der Waals surface area contributed by atoms with E-state index in [0.29, 0.717) is 23.8 Å². The summed E-state index contributed by atoms with van der Waals surface area (Å²) in [7, 11) is 1.38. The largest absolute Gasteiger partial charge is 0.492 e. The van der Waals surface area contributed by atoms with Gasteiger partial charge in [-0.15, -0.1) is 0 Å². The van der Waals surface area contributed by atoms with Crippen molar-refractivity contribution in [3.63, 3.8) is 0 Å². The molecule has 3 heteroatoms. The van der Waals surface area contributed by atoms with Crippen LogP contribution in [0.3, 0.4) is 0 Å². The number of hydrogen-bond donors (Lipinski definition) is 0. The molecule has 0 saturated heterocycles. The van der Waals surface area contributed by atoms with Crippen LogP contribution in [0.1, 0.15) is 35.3 Å². The molecule has 1 rings (SSSR count). The van der Waals surface area contributed by atoms with Gasteiger partial charge in [0.2, 0.25) is 0 Å². The van der Waals surface area contributed by atoms with Crippen molar-refractivity contribution in [1.29, 1.82) is 0 Å². The number of benzene rings is 1. The lowest BCUT2D eigenvalue weighted by Gasteiger charge is -2.15. The zero-order valence-corrected chi connectivity index (χ0v) is 11.2. The fraction of sp³-hybridized carbons (Fsp3) is 0.500. The molecule has 0 saturated carbocycles. The molecule has 0 radical (unpaired) electrons. The van der Waals surface area contributed by atoms with Crippen LogP contribution < -0.4 is 4.74 Å². The lowest BCUT2D eigenvalue weighted by Crippen LogP contribution is -2.11.